The monoisotopic (exact) mass is 271 g/mol. The zero-order chi connectivity index (χ0) is 13.8. The van der Waals surface area contributed by atoms with Crippen molar-refractivity contribution in [1.29, 1.82) is 0 Å². The Kier molecular flexibility index (Phi) is 3.97. The van der Waals surface area contributed by atoms with Crippen LogP contribution in [0.25, 0.3) is 0 Å². The van der Waals surface area contributed by atoms with Gasteiger partial charge in [0.15, 0.2) is 0 Å². The van der Waals surface area contributed by atoms with E-state index < -0.39 is 0 Å². The lowest BCUT2D eigenvalue weighted by Crippen LogP contribution is -2.24. The third-order valence-corrected chi connectivity index (χ3v) is 3.72. The standard InChI is InChI=1S/C17H18FNO/c18-16-8-4-7-15-14(16)9-10-17(15)19-11-12-20-13-5-2-1-3-6-13/h1-8,17,19H,9-12H2. The van der Waals surface area contributed by atoms with Gasteiger partial charge in [-0.15, -0.1) is 0 Å². The molecule has 0 spiro atoms. The van der Waals surface area contributed by atoms with Crippen molar-refractivity contribution in [2.24, 2.45) is 0 Å². The Morgan fingerprint density at radius 2 is 1.95 bits per heavy atom. The SMILES string of the molecule is Fc1cccc2c1CCC2NCCOc1ccccc1. The molecule has 2 nitrogen and oxygen atoms in total. The molecule has 0 bridgehead atoms. The lowest BCUT2D eigenvalue weighted by atomic mass is 10.1. The quantitative estimate of drug-likeness (QED) is 0.841. The number of benzene rings is 2. The Balaban J connectivity index is 1.50. The number of hydrogen-bond donors (Lipinski definition) is 1. The predicted molar refractivity (Wildman–Crippen MR) is 77.4 cm³/mol. The smallest absolute Gasteiger partial charge is 0.126 e. The molecule has 2 aromatic carbocycles. The zero-order valence-electron chi connectivity index (χ0n) is 11.3. The third kappa shape index (κ3) is 2.83. The maximum Gasteiger partial charge on any atom is 0.126 e. The predicted octanol–water partition coefficient (Wildman–Crippen LogP) is 3.48. The van der Waals surface area contributed by atoms with Gasteiger partial charge in [0.25, 0.3) is 0 Å². The minimum absolute atomic E-state index is 0.0765. The third-order valence-electron chi connectivity index (χ3n) is 3.72. The second-order valence-corrected chi connectivity index (χ2v) is 5.01. The van der Waals surface area contributed by atoms with Gasteiger partial charge in [0, 0.05) is 12.6 Å². The van der Waals surface area contributed by atoms with Crippen molar-refractivity contribution < 1.29 is 9.13 Å². The van der Waals surface area contributed by atoms with Crippen molar-refractivity contribution in [2.75, 3.05) is 13.2 Å². The van der Waals surface area contributed by atoms with Crippen LogP contribution in [0.15, 0.2) is 48.5 Å². The van der Waals surface area contributed by atoms with Crippen LogP contribution in [-0.4, -0.2) is 13.2 Å². The molecule has 0 amide bonds. The molecule has 0 saturated heterocycles. The van der Waals surface area contributed by atoms with E-state index in [9.17, 15) is 4.39 Å². The summed E-state index contributed by atoms with van der Waals surface area (Å²) in [6.07, 6.45) is 1.78. The van der Waals surface area contributed by atoms with E-state index in [1.54, 1.807) is 12.1 Å². The van der Waals surface area contributed by atoms with Crippen LogP contribution in [0, 0.1) is 5.82 Å². The summed E-state index contributed by atoms with van der Waals surface area (Å²) in [6, 6.07) is 15.4. The first kappa shape index (κ1) is 13.1. The van der Waals surface area contributed by atoms with E-state index in [0.29, 0.717) is 6.61 Å². The highest BCUT2D eigenvalue weighted by Gasteiger charge is 2.23. The molecule has 2 aromatic rings. The van der Waals surface area contributed by atoms with Crippen LogP contribution >= 0.6 is 0 Å². The molecule has 0 fully saturated rings. The first-order valence-electron chi connectivity index (χ1n) is 7.03. The summed E-state index contributed by atoms with van der Waals surface area (Å²) in [5.74, 6) is 0.805. The van der Waals surface area contributed by atoms with Gasteiger partial charge < -0.3 is 10.1 Å². The normalized spacial score (nSPS) is 16.9. The fourth-order valence-corrected chi connectivity index (χ4v) is 2.74. The number of halogens is 1. The highest BCUT2D eigenvalue weighted by molar-refractivity contribution is 5.35. The average molecular weight is 271 g/mol. The van der Waals surface area contributed by atoms with Crippen molar-refractivity contribution >= 4 is 0 Å². The van der Waals surface area contributed by atoms with Crippen LogP contribution in [0.2, 0.25) is 0 Å². The number of nitrogens with one attached hydrogen (secondary N) is 1. The second kappa shape index (κ2) is 6.06. The van der Waals surface area contributed by atoms with Crippen LogP contribution in [0.1, 0.15) is 23.6 Å². The van der Waals surface area contributed by atoms with E-state index in [2.05, 4.69) is 5.32 Å². The molecule has 3 heteroatoms. The molecule has 0 radical (unpaired) electrons. The summed E-state index contributed by atoms with van der Waals surface area (Å²) < 4.78 is 19.3. The molecule has 20 heavy (non-hydrogen) atoms. The van der Waals surface area contributed by atoms with Gasteiger partial charge in [-0.25, -0.2) is 4.39 Å². The van der Waals surface area contributed by atoms with E-state index in [-0.39, 0.29) is 11.9 Å². The Morgan fingerprint density at radius 1 is 1.10 bits per heavy atom. The van der Waals surface area contributed by atoms with Crippen molar-refractivity contribution in [3.8, 4) is 5.75 Å². The minimum atomic E-state index is -0.0765. The highest BCUT2D eigenvalue weighted by atomic mass is 19.1. The molecule has 1 N–H and O–H groups in total. The second-order valence-electron chi connectivity index (χ2n) is 5.01. The van der Waals surface area contributed by atoms with Gasteiger partial charge >= 0.3 is 0 Å². The minimum Gasteiger partial charge on any atom is -0.492 e. The fourth-order valence-electron chi connectivity index (χ4n) is 2.74. The average Bonchev–Trinajstić information content (AvgIpc) is 2.90. The molecule has 1 atom stereocenters. The van der Waals surface area contributed by atoms with Gasteiger partial charge in [-0.05, 0) is 42.2 Å². The van der Waals surface area contributed by atoms with Crippen LogP contribution in [0.4, 0.5) is 4.39 Å². The van der Waals surface area contributed by atoms with E-state index in [1.807, 2.05) is 36.4 Å². The van der Waals surface area contributed by atoms with Crippen LogP contribution in [0.5, 0.6) is 5.75 Å². The number of hydrogen-bond acceptors (Lipinski definition) is 2. The topological polar surface area (TPSA) is 21.3 Å². The van der Waals surface area contributed by atoms with E-state index in [1.165, 1.54) is 0 Å². The molecule has 0 saturated carbocycles. The van der Waals surface area contributed by atoms with Gasteiger partial charge in [0.1, 0.15) is 18.2 Å². The Bertz CT molecular complexity index is 570. The maximum atomic E-state index is 13.6. The number of ether oxygens (including phenoxy) is 1. The van der Waals surface area contributed by atoms with E-state index in [0.717, 1.165) is 36.3 Å². The summed E-state index contributed by atoms with van der Waals surface area (Å²) in [4.78, 5) is 0. The molecule has 1 unspecified atom stereocenters. The molecular weight excluding hydrogens is 253 g/mol. The molecule has 1 aliphatic carbocycles. The van der Waals surface area contributed by atoms with Gasteiger partial charge in [-0.1, -0.05) is 30.3 Å². The highest BCUT2D eigenvalue weighted by Crippen LogP contribution is 2.32. The molecule has 0 aromatic heterocycles. The van der Waals surface area contributed by atoms with Gasteiger partial charge in [0.05, 0.1) is 0 Å². The Morgan fingerprint density at radius 3 is 2.80 bits per heavy atom. The molecule has 104 valence electrons. The summed E-state index contributed by atoms with van der Waals surface area (Å²) in [6.45, 7) is 1.38. The Hall–Kier alpha value is -1.87. The van der Waals surface area contributed by atoms with Crippen molar-refractivity contribution in [1.82, 2.24) is 5.32 Å². The summed E-state index contributed by atoms with van der Waals surface area (Å²) in [5.41, 5.74) is 1.97. The molecule has 1 aliphatic rings. The summed E-state index contributed by atoms with van der Waals surface area (Å²) in [5, 5.41) is 3.44. The largest absolute Gasteiger partial charge is 0.492 e. The molecule has 0 heterocycles. The van der Waals surface area contributed by atoms with Crippen molar-refractivity contribution in [3.63, 3.8) is 0 Å². The van der Waals surface area contributed by atoms with E-state index >= 15 is 0 Å². The molecule has 0 aliphatic heterocycles. The maximum absolute atomic E-state index is 13.6. The van der Waals surface area contributed by atoms with Crippen LogP contribution in [0.3, 0.4) is 0 Å². The lowest BCUT2D eigenvalue weighted by Gasteiger charge is -2.14. The van der Waals surface area contributed by atoms with Crippen LogP contribution < -0.4 is 10.1 Å². The molecular formula is C17H18FNO. The van der Waals surface area contributed by atoms with Gasteiger partial charge in [0.2, 0.25) is 0 Å². The Labute approximate surface area is 118 Å². The van der Waals surface area contributed by atoms with Gasteiger partial charge in [-0.2, -0.15) is 0 Å². The van der Waals surface area contributed by atoms with Gasteiger partial charge in [-0.3, -0.25) is 0 Å². The fraction of sp³-hybridized carbons (Fsp3) is 0.294. The van der Waals surface area contributed by atoms with Crippen molar-refractivity contribution in [3.05, 3.63) is 65.5 Å². The first-order valence-corrected chi connectivity index (χ1v) is 7.03. The number of rotatable bonds is 5. The molecule has 3 rings (SSSR count). The summed E-state index contributed by atoms with van der Waals surface area (Å²) >= 11 is 0. The summed E-state index contributed by atoms with van der Waals surface area (Å²) in [7, 11) is 0. The van der Waals surface area contributed by atoms with Crippen molar-refractivity contribution in [2.45, 2.75) is 18.9 Å². The zero-order valence-corrected chi connectivity index (χ0v) is 11.3. The first-order chi connectivity index (χ1) is 9.84. The number of para-hydroxylation sites is 1. The van der Waals surface area contributed by atoms with E-state index in [4.69, 9.17) is 4.74 Å². The number of fused-ring (bicyclic) bond motifs is 1. The lowest BCUT2D eigenvalue weighted by molar-refractivity contribution is 0.305. The van der Waals surface area contributed by atoms with Crippen LogP contribution in [-0.2, 0) is 6.42 Å².